The average Bonchev–Trinajstić information content (AvgIpc) is 3.18. The van der Waals surface area contributed by atoms with Gasteiger partial charge in [0, 0.05) is 56.9 Å². The van der Waals surface area contributed by atoms with Gasteiger partial charge in [-0.15, -0.1) is 0 Å². The van der Waals surface area contributed by atoms with Gasteiger partial charge in [0.1, 0.15) is 5.41 Å². The Balaban J connectivity index is 1.53. The van der Waals surface area contributed by atoms with Crippen LogP contribution in [0.15, 0.2) is 24.3 Å². The van der Waals surface area contributed by atoms with Crippen LogP contribution in [0.5, 0.6) is 0 Å². The predicted octanol–water partition coefficient (Wildman–Crippen LogP) is 1.63. The summed E-state index contributed by atoms with van der Waals surface area (Å²) in [7, 11) is 0. The van der Waals surface area contributed by atoms with Gasteiger partial charge < -0.3 is 14.7 Å². The Hall–Kier alpha value is -1.92. The van der Waals surface area contributed by atoms with E-state index < -0.39 is 11.4 Å². The molecule has 1 amide bonds. The topological polar surface area (TPSA) is 70.1 Å². The van der Waals surface area contributed by atoms with Crippen molar-refractivity contribution in [2.45, 2.75) is 25.8 Å². The Morgan fingerprint density at radius 1 is 1.15 bits per heavy atom. The van der Waals surface area contributed by atoms with Gasteiger partial charge in [0.2, 0.25) is 0 Å². The first-order valence-electron chi connectivity index (χ1n) is 9.41. The molecule has 0 aromatic heterocycles. The van der Waals surface area contributed by atoms with Gasteiger partial charge in [-0.2, -0.15) is 0 Å². The van der Waals surface area contributed by atoms with E-state index in [1.807, 2.05) is 31.2 Å². The monoisotopic (exact) mass is 358 g/mol. The summed E-state index contributed by atoms with van der Waals surface area (Å²) >= 11 is 0. The summed E-state index contributed by atoms with van der Waals surface area (Å²) in [5.41, 5.74) is 0.772. The Bertz CT molecular complexity index is 716. The van der Waals surface area contributed by atoms with E-state index in [1.165, 1.54) is 0 Å². The van der Waals surface area contributed by atoms with Crippen molar-refractivity contribution in [1.82, 2.24) is 9.80 Å². The molecular formula is C20H26N2O4. The molecule has 140 valence electrons. The summed E-state index contributed by atoms with van der Waals surface area (Å²) in [4.78, 5) is 29.2. The minimum Gasteiger partial charge on any atom is -0.481 e. The second-order valence-corrected chi connectivity index (χ2v) is 7.93. The van der Waals surface area contributed by atoms with Crippen molar-refractivity contribution in [2.24, 2.45) is 11.3 Å². The number of fused-ring (bicyclic) bond motifs is 1. The fourth-order valence-corrected chi connectivity index (χ4v) is 4.87. The molecule has 3 aliphatic heterocycles. The van der Waals surface area contributed by atoms with Crippen molar-refractivity contribution in [2.75, 3.05) is 39.4 Å². The molecule has 0 saturated carbocycles. The summed E-state index contributed by atoms with van der Waals surface area (Å²) in [5, 5.41) is 10.0. The number of amides is 1. The molecule has 0 radical (unpaired) electrons. The molecule has 3 aliphatic rings. The van der Waals surface area contributed by atoms with Crippen LogP contribution in [0, 0.1) is 18.3 Å². The first-order valence-corrected chi connectivity index (χ1v) is 9.41. The first-order chi connectivity index (χ1) is 12.5. The molecule has 1 N–H and O–H groups in total. The number of carboxylic acids is 1. The zero-order valence-electron chi connectivity index (χ0n) is 15.2. The Labute approximate surface area is 153 Å². The molecule has 1 aromatic carbocycles. The fourth-order valence-electron chi connectivity index (χ4n) is 4.87. The van der Waals surface area contributed by atoms with Crippen molar-refractivity contribution in [1.29, 1.82) is 0 Å². The molecule has 26 heavy (non-hydrogen) atoms. The van der Waals surface area contributed by atoms with Crippen LogP contribution < -0.4 is 0 Å². The number of hydrogen-bond acceptors (Lipinski definition) is 4. The molecule has 3 heterocycles. The lowest BCUT2D eigenvalue weighted by Crippen LogP contribution is -2.45. The third kappa shape index (κ3) is 2.81. The summed E-state index contributed by atoms with van der Waals surface area (Å²) in [6, 6.07) is 7.93. The molecule has 4 rings (SSSR count). The van der Waals surface area contributed by atoms with Crippen molar-refractivity contribution in [3.8, 4) is 0 Å². The van der Waals surface area contributed by atoms with Crippen molar-refractivity contribution in [3.63, 3.8) is 0 Å². The minimum absolute atomic E-state index is 0.00388. The van der Waals surface area contributed by atoms with E-state index in [4.69, 9.17) is 4.74 Å². The molecule has 1 aromatic rings. The van der Waals surface area contributed by atoms with Crippen molar-refractivity contribution in [3.05, 3.63) is 35.4 Å². The van der Waals surface area contributed by atoms with Crippen LogP contribution in [0.2, 0.25) is 0 Å². The van der Waals surface area contributed by atoms with Gasteiger partial charge >= 0.3 is 5.97 Å². The number of ether oxygens (including phenoxy) is 1. The van der Waals surface area contributed by atoms with Gasteiger partial charge in [-0.05, 0) is 31.4 Å². The van der Waals surface area contributed by atoms with E-state index in [2.05, 4.69) is 4.90 Å². The molecule has 0 spiro atoms. The van der Waals surface area contributed by atoms with E-state index in [1.54, 1.807) is 4.90 Å². The zero-order chi connectivity index (χ0) is 18.3. The molecule has 6 nitrogen and oxygen atoms in total. The zero-order valence-corrected chi connectivity index (χ0v) is 15.2. The van der Waals surface area contributed by atoms with E-state index in [0.29, 0.717) is 31.2 Å². The Morgan fingerprint density at radius 3 is 2.54 bits per heavy atom. The SMILES string of the molecule is Cc1ccccc1C(=O)N1C[C@H]2CN(C3CCOCC3)C[C@@]2(C(=O)O)C1. The van der Waals surface area contributed by atoms with Crippen LogP contribution in [-0.2, 0) is 9.53 Å². The van der Waals surface area contributed by atoms with Gasteiger partial charge in [0.05, 0.1) is 0 Å². The Morgan fingerprint density at radius 2 is 1.88 bits per heavy atom. The molecule has 6 heteroatoms. The quantitative estimate of drug-likeness (QED) is 0.889. The lowest BCUT2D eigenvalue weighted by molar-refractivity contribution is -0.148. The van der Waals surface area contributed by atoms with Crippen molar-refractivity contribution < 1.29 is 19.4 Å². The third-order valence-corrected chi connectivity index (χ3v) is 6.43. The number of hydrogen-bond donors (Lipinski definition) is 1. The number of aliphatic carboxylic acids is 1. The van der Waals surface area contributed by atoms with Gasteiger partial charge in [-0.25, -0.2) is 0 Å². The standard InChI is InChI=1S/C20H26N2O4/c1-14-4-2-3-5-17(14)18(23)22-11-15-10-21(16-6-8-26-9-7-16)12-20(15,13-22)19(24)25/h2-5,15-16H,6-13H2,1H3,(H,24,25)/t15-,20-/m1/s1. The predicted molar refractivity (Wildman–Crippen MR) is 96.1 cm³/mol. The maximum atomic E-state index is 12.9. The van der Waals surface area contributed by atoms with Crippen LogP contribution in [-0.4, -0.2) is 72.2 Å². The molecule has 3 fully saturated rings. The van der Waals surface area contributed by atoms with Crippen molar-refractivity contribution >= 4 is 11.9 Å². The number of likely N-dealkylation sites (tertiary alicyclic amines) is 2. The lowest BCUT2D eigenvalue weighted by atomic mass is 9.81. The van der Waals surface area contributed by atoms with E-state index >= 15 is 0 Å². The molecule has 2 atom stereocenters. The van der Waals surface area contributed by atoms with Crippen LogP contribution in [0.3, 0.4) is 0 Å². The second kappa shape index (κ2) is 6.67. The number of rotatable bonds is 3. The molecule has 0 bridgehead atoms. The lowest BCUT2D eigenvalue weighted by Gasteiger charge is -2.33. The molecule has 3 saturated heterocycles. The highest BCUT2D eigenvalue weighted by Crippen LogP contribution is 2.44. The number of carboxylic acid groups (broad SMARTS) is 1. The van der Waals surface area contributed by atoms with E-state index in [9.17, 15) is 14.7 Å². The average molecular weight is 358 g/mol. The second-order valence-electron chi connectivity index (χ2n) is 7.93. The molecular weight excluding hydrogens is 332 g/mol. The highest BCUT2D eigenvalue weighted by atomic mass is 16.5. The summed E-state index contributed by atoms with van der Waals surface area (Å²) in [5.74, 6) is -0.816. The smallest absolute Gasteiger partial charge is 0.313 e. The summed E-state index contributed by atoms with van der Waals surface area (Å²) < 4.78 is 5.44. The van der Waals surface area contributed by atoms with E-state index in [-0.39, 0.29) is 11.8 Å². The van der Waals surface area contributed by atoms with Gasteiger partial charge in [0.15, 0.2) is 0 Å². The van der Waals surface area contributed by atoms with Crippen LogP contribution >= 0.6 is 0 Å². The highest BCUT2D eigenvalue weighted by Gasteiger charge is 2.59. The maximum absolute atomic E-state index is 12.9. The van der Waals surface area contributed by atoms with Crippen LogP contribution in [0.1, 0.15) is 28.8 Å². The Kier molecular flexibility index (Phi) is 4.49. The van der Waals surface area contributed by atoms with Crippen LogP contribution in [0.4, 0.5) is 0 Å². The van der Waals surface area contributed by atoms with E-state index in [0.717, 1.165) is 38.2 Å². The van der Waals surface area contributed by atoms with Gasteiger partial charge in [-0.3, -0.25) is 14.5 Å². The summed E-state index contributed by atoms with van der Waals surface area (Å²) in [6.07, 6.45) is 1.93. The molecule has 0 unspecified atom stereocenters. The number of carbonyl (C=O) groups excluding carboxylic acids is 1. The number of nitrogens with zero attached hydrogens (tertiary/aromatic N) is 2. The maximum Gasteiger partial charge on any atom is 0.313 e. The highest BCUT2D eigenvalue weighted by molar-refractivity contribution is 5.96. The first kappa shape index (κ1) is 17.5. The number of aryl methyl sites for hydroxylation is 1. The van der Waals surface area contributed by atoms with Gasteiger partial charge in [0.25, 0.3) is 5.91 Å². The summed E-state index contributed by atoms with van der Waals surface area (Å²) in [6.45, 7) is 5.56. The largest absolute Gasteiger partial charge is 0.481 e. The minimum atomic E-state index is -0.837. The van der Waals surface area contributed by atoms with Gasteiger partial charge in [-0.1, -0.05) is 18.2 Å². The number of benzene rings is 1. The number of carbonyl (C=O) groups is 2. The molecule has 0 aliphatic carbocycles. The fraction of sp³-hybridized carbons (Fsp3) is 0.600. The normalized spacial score (nSPS) is 29.7. The van der Waals surface area contributed by atoms with Crippen LogP contribution in [0.25, 0.3) is 0 Å². The third-order valence-electron chi connectivity index (χ3n) is 6.43.